The van der Waals surface area contributed by atoms with Crippen LogP contribution in [-0.4, -0.2) is 37.2 Å². The van der Waals surface area contributed by atoms with Gasteiger partial charge in [0.25, 0.3) is 0 Å². The van der Waals surface area contributed by atoms with Crippen molar-refractivity contribution in [2.24, 2.45) is 0 Å². The van der Waals surface area contributed by atoms with Gasteiger partial charge in [-0.15, -0.1) is 0 Å². The number of hydrogen-bond donors (Lipinski definition) is 2. The Morgan fingerprint density at radius 1 is 1.44 bits per heavy atom. The number of carbonyl (C=O) groups is 1. The second-order valence-corrected chi connectivity index (χ2v) is 5.50. The summed E-state index contributed by atoms with van der Waals surface area (Å²) >= 11 is 0. The lowest BCUT2D eigenvalue weighted by molar-refractivity contribution is -0.123. The molecule has 1 amide bonds. The minimum atomic E-state index is -0.146. The first-order valence-electron chi connectivity index (χ1n) is 7.22. The first kappa shape index (κ1) is 15.4. The largest absolute Gasteiger partial charge is 0.374 e. The highest BCUT2D eigenvalue weighted by molar-refractivity contribution is 5.81. The maximum Gasteiger partial charge on any atom is 0.236 e. The zero-order valence-corrected chi connectivity index (χ0v) is 12.1. The van der Waals surface area contributed by atoms with Crippen LogP contribution in [0.3, 0.4) is 0 Å². The van der Waals surface area contributed by atoms with Crippen LogP contribution in [0.4, 0.5) is 0 Å². The van der Waals surface area contributed by atoms with E-state index in [-0.39, 0.29) is 17.6 Å². The van der Waals surface area contributed by atoms with Crippen LogP contribution in [0.2, 0.25) is 0 Å². The molecule has 0 aliphatic carbocycles. The fourth-order valence-electron chi connectivity index (χ4n) is 2.18. The van der Waals surface area contributed by atoms with Gasteiger partial charge in [-0.05, 0) is 33.1 Å². The summed E-state index contributed by atoms with van der Waals surface area (Å²) in [4.78, 5) is 11.8. The second-order valence-electron chi connectivity index (χ2n) is 5.50. The molecule has 0 spiro atoms. The van der Waals surface area contributed by atoms with Gasteiger partial charge >= 0.3 is 0 Å². The van der Waals surface area contributed by atoms with Gasteiger partial charge in [-0.3, -0.25) is 4.79 Å². The van der Waals surface area contributed by atoms with Crippen molar-refractivity contribution in [1.82, 2.24) is 10.6 Å². The Kier molecular flexibility index (Phi) is 6.65. The number of amides is 1. The molecule has 18 heavy (non-hydrogen) atoms. The van der Waals surface area contributed by atoms with Gasteiger partial charge in [0.2, 0.25) is 5.91 Å². The van der Waals surface area contributed by atoms with Crippen molar-refractivity contribution in [3.8, 4) is 0 Å². The van der Waals surface area contributed by atoms with Crippen LogP contribution in [0.5, 0.6) is 0 Å². The molecule has 2 N–H and O–H groups in total. The standard InChI is InChI=1S/C14H28N2O2/c1-4-5-6-9-15-13(17)12(2)16-11-14(3)8-7-10-18-14/h12,16H,4-11H2,1-3H3,(H,15,17). The Labute approximate surface area is 111 Å². The van der Waals surface area contributed by atoms with E-state index < -0.39 is 0 Å². The van der Waals surface area contributed by atoms with Crippen LogP contribution in [0.15, 0.2) is 0 Å². The lowest BCUT2D eigenvalue weighted by Gasteiger charge is -2.25. The lowest BCUT2D eigenvalue weighted by Crippen LogP contribution is -2.48. The Hall–Kier alpha value is -0.610. The number of unbranched alkanes of at least 4 members (excludes halogenated alkanes) is 2. The van der Waals surface area contributed by atoms with Crippen molar-refractivity contribution in [3.63, 3.8) is 0 Å². The van der Waals surface area contributed by atoms with E-state index >= 15 is 0 Å². The van der Waals surface area contributed by atoms with Crippen LogP contribution in [0.25, 0.3) is 0 Å². The summed E-state index contributed by atoms with van der Waals surface area (Å²) in [6.07, 6.45) is 5.61. The third-order valence-corrected chi connectivity index (χ3v) is 3.56. The number of rotatable bonds is 8. The van der Waals surface area contributed by atoms with Crippen molar-refractivity contribution >= 4 is 5.91 Å². The van der Waals surface area contributed by atoms with Crippen molar-refractivity contribution in [3.05, 3.63) is 0 Å². The maximum absolute atomic E-state index is 11.8. The van der Waals surface area contributed by atoms with Crippen molar-refractivity contribution in [2.45, 2.75) is 64.5 Å². The van der Waals surface area contributed by atoms with E-state index in [1.807, 2.05) is 6.92 Å². The van der Waals surface area contributed by atoms with E-state index in [1.54, 1.807) is 0 Å². The number of ether oxygens (including phenoxy) is 1. The fourth-order valence-corrected chi connectivity index (χ4v) is 2.18. The molecule has 1 aliphatic rings. The highest BCUT2D eigenvalue weighted by atomic mass is 16.5. The number of nitrogens with one attached hydrogen (secondary N) is 2. The van der Waals surface area contributed by atoms with E-state index in [0.29, 0.717) is 0 Å². The van der Waals surface area contributed by atoms with E-state index in [2.05, 4.69) is 24.5 Å². The van der Waals surface area contributed by atoms with Gasteiger partial charge < -0.3 is 15.4 Å². The summed E-state index contributed by atoms with van der Waals surface area (Å²) in [6.45, 7) is 8.55. The molecule has 106 valence electrons. The highest BCUT2D eigenvalue weighted by Gasteiger charge is 2.30. The molecule has 1 rings (SSSR count). The molecule has 2 atom stereocenters. The summed E-state index contributed by atoms with van der Waals surface area (Å²) in [5.74, 6) is 0.0905. The first-order chi connectivity index (χ1) is 8.57. The monoisotopic (exact) mass is 256 g/mol. The summed E-state index contributed by atoms with van der Waals surface area (Å²) in [5, 5.41) is 6.23. The molecule has 0 bridgehead atoms. The molecule has 0 aromatic carbocycles. The fraction of sp³-hybridized carbons (Fsp3) is 0.929. The molecular formula is C14H28N2O2. The molecular weight excluding hydrogens is 228 g/mol. The predicted octanol–water partition coefficient (Wildman–Crippen LogP) is 1.84. The van der Waals surface area contributed by atoms with Crippen molar-refractivity contribution in [2.75, 3.05) is 19.7 Å². The normalized spacial score (nSPS) is 25.1. The molecule has 4 heteroatoms. The predicted molar refractivity (Wildman–Crippen MR) is 73.6 cm³/mol. The third-order valence-electron chi connectivity index (χ3n) is 3.56. The van der Waals surface area contributed by atoms with Gasteiger partial charge in [0.15, 0.2) is 0 Å². The smallest absolute Gasteiger partial charge is 0.236 e. The zero-order valence-electron chi connectivity index (χ0n) is 12.1. The Balaban J connectivity index is 2.15. The Bertz CT molecular complexity index is 250. The van der Waals surface area contributed by atoms with Gasteiger partial charge in [-0.2, -0.15) is 0 Å². The lowest BCUT2D eigenvalue weighted by atomic mass is 10.0. The maximum atomic E-state index is 11.8. The van der Waals surface area contributed by atoms with Crippen LogP contribution in [0.1, 0.15) is 52.9 Å². The van der Waals surface area contributed by atoms with Crippen LogP contribution >= 0.6 is 0 Å². The molecule has 0 aromatic rings. The van der Waals surface area contributed by atoms with E-state index in [0.717, 1.165) is 39.0 Å². The molecule has 1 aliphatic heterocycles. The minimum Gasteiger partial charge on any atom is -0.374 e. The molecule has 1 fully saturated rings. The Morgan fingerprint density at radius 3 is 2.83 bits per heavy atom. The van der Waals surface area contributed by atoms with Crippen molar-refractivity contribution < 1.29 is 9.53 Å². The van der Waals surface area contributed by atoms with Crippen molar-refractivity contribution in [1.29, 1.82) is 0 Å². The van der Waals surface area contributed by atoms with Gasteiger partial charge in [-0.25, -0.2) is 0 Å². The summed E-state index contributed by atoms with van der Waals surface area (Å²) in [5.41, 5.74) is -0.0866. The topological polar surface area (TPSA) is 50.4 Å². The first-order valence-corrected chi connectivity index (χ1v) is 7.22. The number of hydrogen-bond acceptors (Lipinski definition) is 3. The summed E-state index contributed by atoms with van der Waals surface area (Å²) < 4.78 is 5.69. The van der Waals surface area contributed by atoms with E-state index in [9.17, 15) is 4.79 Å². The van der Waals surface area contributed by atoms with Crippen LogP contribution < -0.4 is 10.6 Å². The average molecular weight is 256 g/mol. The summed E-state index contributed by atoms with van der Waals surface area (Å²) in [6, 6.07) is -0.146. The van der Waals surface area contributed by atoms with Gasteiger partial charge in [0.05, 0.1) is 11.6 Å². The van der Waals surface area contributed by atoms with Gasteiger partial charge in [-0.1, -0.05) is 19.8 Å². The quantitative estimate of drug-likeness (QED) is 0.652. The second kappa shape index (κ2) is 7.74. The molecule has 0 aromatic heterocycles. The van der Waals surface area contributed by atoms with Gasteiger partial charge in [0.1, 0.15) is 0 Å². The number of carbonyl (C=O) groups excluding carboxylic acids is 1. The SMILES string of the molecule is CCCCCNC(=O)C(C)NCC1(C)CCCO1. The zero-order chi connectivity index (χ0) is 13.4. The summed E-state index contributed by atoms with van der Waals surface area (Å²) in [7, 11) is 0. The molecule has 1 heterocycles. The Morgan fingerprint density at radius 2 is 2.22 bits per heavy atom. The third kappa shape index (κ3) is 5.36. The van der Waals surface area contributed by atoms with E-state index in [4.69, 9.17) is 4.74 Å². The molecule has 0 radical (unpaired) electrons. The highest BCUT2D eigenvalue weighted by Crippen LogP contribution is 2.23. The average Bonchev–Trinajstić information content (AvgIpc) is 2.79. The minimum absolute atomic E-state index is 0.0866. The van der Waals surface area contributed by atoms with Crippen LogP contribution in [-0.2, 0) is 9.53 Å². The van der Waals surface area contributed by atoms with Crippen LogP contribution in [0, 0.1) is 0 Å². The molecule has 4 nitrogen and oxygen atoms in total. The van der Waals surface area contributed by atoms with E-state index in [1.165, 1.54) is 12.8 Å². The molecule has 2 unspecified atom stereocenters. The molecule has 1 saturated heterocycles. The van der Waals surface area contributed by atoms with Gasteiger partial charge in [0, 0.05) is 19.7 Å². The molecule has 0 saturated carbocycles.